The number of hydrogen-bond donors (Lipinski definition) is 1. The highest BCUT2D eigenvalue weighted by Gasteiger charge is 2.23. The molecule has 0 radical (unpaired) electrons. The predicted octanol–water partition coefficient (Wildman–Crippen LogP) is 2.35. The molecule has 1 fully saturated rings. The van der Waals surface area contributed by atoms with E-state index >= 15 is 0 Å². The summed E-state index contributed by atoms with van der Waals surface area (Å²) < 4.78 is 1.48. The molecule has 6 nitrogen and oxygen atoms in total. The highest BCUT2D eigenvalue weighted by atomic mass is 16.2. The smallest absolute Gasteiger partial charge is 0.269 e. The first-order valence-electron chi connectivity index (χ1n) is 9.72. The monoisotopic (exact) mass is 376 g/mol. The summed E-state index contributed by atoms with van der Waals surface area (Å²) in [5, 5.41) is 3.04. The van der Waals surface area contributed by atoms with Crippen LogP contribution in [-0.2, 0) is 11.3 Å². The van der Waals surface area contributed by atoms with Gasteiger partial charge in [0.25, 0.3) is 5.56 Å². The molecule has 0 aliphatic carbocycles. The molecule has 0 spiro atoms. The zero-order chi connectivity index (χ0) is 19.3. The maximum absolute atomic E-state index is 12.6. The molecule has 0 saturated carbocycles. The minimum Gasteiger partial charge on any atom is -0.353 e. The Bertz CT molecular complexity index is 1010. The van der Waals surface area contributed by atoms with Crippen LogP contribution >= 0.6 is 0 Å². The maximum atomic E-state index is 12.6. The lowest BCUT2D eigenvalue weighted by Crippen LogP contribution is -2.39. The Balaban J connectivity index is 1.49. The van der Waals surface area contributed by atoms with E-state index in [1.165, 1.54) is 29.2 Å². The second-order valence-corrected chi connectivity index (χ2v) is 7.14. The molecule has 3 aromatic rings. The van der Waals surface area contributed by atoms with E-state index in [-0.39, 0.29) is 24.1 Å². The number of para-hydroxylation sites is 2. The number of aromatic nitrogens is 2. The van der Waals surface area contributed by atoms with Gasteiger partial charge in [0.05, 0.1) is 23.3 Å². The molecule has 1 aromatic heterocycles. The van der Waals surface area contributed by atoms with Crippen molar-refractivity contribution in [1.29, 1.82) is 0 Å². The lowest BCUT2D eigenvalue weighted by molar-refractivity contribution is -0.121. The van der Waals surface area contributed by atoms with Crippen molar-refractivity contribution in [2.24, 2.45) is 0 Å². The van der Waals surface area contributed by atoms with E-state index in [4.69, 9.17) is 0 Å². The number of fused-ring (bicyclic) bond motifs is 1. The molecule has 144 valence electrons. The molecular weight excluding hydrogens is 352 g/mol. The third-order valence-electron chi connectivity index (χ3n) is 5.31. The van der Waals surface area contributed by atoms with E-state index in [0.29, 0.717) is 17.6 Å². The Morgan fingerprint density at radius 1 is 1.04 bits per heavy atom. The highest BCUT2D eigenvalue weighted by molar-refractivity contribution is 5.79. The van der Waals surface area contributed by atoms with E-state index in [0.717, 1.165) is 13.1 Å². The summed E-state index contributed by atoms with van der Waals surface area (Å²) in [7, 11) is 0. The molecule has 28 heavy (non-hydrogen) atoms. The fourth-order valence-electron chi connectivity index (χ4n) is 3.87. The van der Waals surface area contributed by atoms with Crippen LogP contribution in [0.15, 0.2) is 65.6 Å². The van der Waals surface area contributed by atoms with E-state index in [1.807, 2.05) is 42.5 Å². The van der Waals surface area contributed by atoms with E-state index in [9.17, 15) is 9.59 Å². The Hall–Kier alpha value is -2.99. The fraction of sp³-hybridized carbons (Fsp3) is 0.318. The summed E-state index contributed by atoms with van der Waals surface area (Å²) in [5.74, 6) is -0.168. The second kappa shape index (κ2) is 8.35. The van der Waals surface area contributed by atoms with Crippen molar-refractivity contribution < 1.29 is 4.79 Å². The van der Waals surface area contributed by atoms with Gasteiger partial charge in [-0.3, -0.25) is 19.1 Å². The van der Waals surface area contributed by atoms with Crippen LogP contribution in [-0.4, -0.2) is 40.0 Å². The average Bonchev–Trinajstić information content (AvgIpc) is 3.26. The molecular formula is C22H24N4O2. The van der Waals surface area contributed by atoms with Crippen LogP contribution in [0.4, 0.5) is 0 Å². The Morgan fingerprint density at radius 2 is 1.75 bits per heavy atom. The minimum atomic E-state index is -0.270. The molecule has 1 N–H and O–H groups in total. The number of carbonyl (C=O) groups excluding carboxylic acids is 1. The molecule has 2 heterocycles. The van der Waals surface area contributed by atoms with Crippen molar-refractivity contribution >= 4 is 16.9 Å². The summed E-state index contributed by atoms with van der Waals surface area (Å²) in [6, 6.07) is 17.8. The second-order valence-electron chi connectivity index (χ2n) is 7.14. The molecule has 1 aliphatic heterocycles. The predicted molar refractivity (Wildman–Crippen MR) is 109 cm³/mol. The molecule has 1 aliphatic rings. The van der Waals surface area contributed by atoms with Crippen LogP contribution in [0.25, 0.3) is 11.0 Å². The first-order valence-corrected chi connectivity index (χ1v) is 9.72. The van der Waals surface area contributed by atoms with Crippen LogP contribution in [0.5, 0.6) is 0 Å². The van der Waals surface area contributed by atoms with Gasteiger partial charge in [-0.1, -0.05) is 42.5 Å². The first kappa shape index (κ1) is 18.4. The topological polar surface area (TPSA) is 67.2 Å². The van der Waals surface area contributed by atoms with Gasteiger partial charge in [-0.05, 0) is 43.6 Å². The zero-order valence-electron chi connectivity index (χ0n) is 15.8. The standard InChI is InChI=1S/C22H24N4O2/c27-21(16-26-19-11-5-4-10-18(19)23-15-22(26)28)24-14-20(25-12-6-7-13-25)17-8-2-1-3-9-17/h1-5,8-11,15,20H,6-7,12-14,16H2,(H,24,27). The lowest BCUT2D eigenvalue weighted by Gasteiger charge is -2.28. The number of amides is 1. The minimum absolute atomic E-state index is 0.0105. The molecule has 0 bridgehead atoms. The van der Waals surface area contributed by atoms with E-state index in [1.54, 1.807) is 0 Å². The molecule has 4 rings (SSSR count). The van der Waals surface area contributed by atoms with Crippen molar-refractivity contribution in [3.05, 3.63) is 76.7 Å². The van der Waals surface area contributed by atoms with Crippen LogP contribution in [0, 0.1) is 0 Å². The third-order valence-corrected chi connectivity index (χ3v) is 5.31. The normalized spacial score (nSPS) is 15.6. The third kappa shape index (κ3) is 3.97. The van der Waals surface area contributed by atoms with Gasteiger partial charge in [-0.25, -0.2) is 4.98 Å². The summed E-state index contributed by atoms with van der Waals surface area (Å²) >= 11 is 0. The zero-order valence-corrected chi connectivity index (χ0v) is 15.8. The Labute approximate surface area is 163 Å². The van der Waals surface area contributed by atoms with Crippen molar-refractivity contribution in [2.75, 3.05) is 19.6 Å². The first-order chi connectivity index (χ1) is 13.7. The van der Waals surface area contributed by atoms with Crippen LogP contribution in [0.3, 0.4) is 0 Å². The largest absolute Gasteiger partial charge is 0.353 e. The van der Waals surface area contributed by atoms with E-state index in [2.05, 4.69) is 27.3 Å². The number of hydrogen-bond acceptors (Lipinski definition) is 4. The summed E-state index contributed by atoms with van der Waals surface area (Å²) in [6.45, 7) is 2.61. The number of rotatable bonds is 6. The highest BCUT2D eigenvalue weighted by Crippen LogP contribution is 2.24. The SMILES string of the molecule is O=C(Cn1c(=O)cnc2ccccc21)NCC(c1ccccc1)N1CCCC1. The maximum Gasteiger partial charge on any atom is 0.269 e. The Kier molecular flexibility index (Phi) is 5.48. The van der Waals surface area contributed by atoms with Gasteiger partial charge in [0.1, 0.15) is 6.54 Å². The fourth-order valence-corrected chi connectivity index (χ4v) is 3.87. The van der Waals surface area contributed by atoms with Gasteiger partial charge >= 0.3 is 0 Å². The molecule has 1 amide bonds. The quantitative estimate of drug-likeness (QED) is 0.717. The van der Waals surface area contributed by atoms with Gasteiger partial charge in [0.15, 0.2) is 0 Å². The number of carbonyl (C=O) groups is 1. The summed E-state index contributed by atoms with van der Waals surface area (Å²) in [4.78, 5) is 31.5. The molecule has 6 heteroatoms. The molecule has 2 aromatic carbocycles. The van der Waals surface area contributed by atoms with Gasteiger partial charge in [0.2, 0.25) is 5.91 Å². The van der Waals surface area contributed by atoms with Crippen LogP contribution in [0.1, 0.15) is 24.4 Å². The van der Waals surface area contributed by atoms with Crippen LogP contribution in [0.2, 0.25) is 0 Å². The van der Waals surface area contributed by atoms with Crippen molar-refractivity contribution in [3.8, 4) is 0 Å². The van der Waals surface area contributed by atoms with Gasteiger partial charge < -0.3 is 5.32 Å². The van der Waals surface area contributed by atoms with Crippen molar-refractivity contribution in [1.82, 2.24) is 19.8 Å². The van der Waals surface area contributed by atoms with Crippen molar-refractivity contribution in [3.63, 3.8) is 0 Å². The number of likely N-dealkylation sites (tertiary alicyclic amines) is 1. The van der Waals surface area contributed by atoms with Gasteiger partial charge in [-0.15, -0.1) is 0 Å². The molecule has 1 saturated heterocycles. The molecule has 1 unspecified atom stereocenters. The van der Waals surface area contributed by atoms with Crippen molar-refractivity contribution in [2.45, 2.75) is 25.4 Å². The number of nitrogens with one attached hydrogen (secondary N) is 1. The Morgan fingerprint density at radius 3 is 2.54 bits per heavy atom. The van der Waals surface area contributed by atoms with Crippen LogP contribution < -0.4 is 10.9 Å². The van der Waals surface area contributed by atoms with Gasteiger partial charge in [0, 0.05) is 6.54 Å². The summed E-state index contributed by atoms with van der Waals surface area (Å²) in [6.07, 6.45) is 3.65. The van der Waals surface area contributed by atoms with E-state index < -0.39 is 0 Å². The van der Waals surface area contributed by atoms with Gasteiger partial charge in [-0.2, -0.15) is 0 Å². The number of nitrogens with zero attached hydrogens (tertiary/aromatic N) is 3. The molecule has 1 atom stereocenters. The number of benzene rings is 2. The lowest BCUT2D eigenvalue weighted by atomic mass is 10.1. The average molecular weight is 376 g/mol. The summed E-state index contributed by atoms with van der Waals surface area (Å²) in [5.41, 5.74) is 2.31.